The first-order valence-electron chi connectivity index (χ1n) is 7.60. The summed E-state index contributed by atoms with van der Waals surface area (Å²) in [7, 11) is 1.63. The number of nitrogens with one attached hydrogen (secondary N) is 2. The maximum Gasteiger partial charge on any atom is 0.251 e. The summed E-state index contributed by atoms with van der Waals surface area (Å²) in [6.07, 6.45) is 0.749. The zero-order valence-electron chi connectivity index (χ0n) is 13.8. The number of ether oxygens (including phenoxy) is 1. The second-order valence-electron chi connectivity index (χ2n) is 5.70. The van der Waals surface area contributed by atoms with E-state index in [0.29, 0.717) is 18.7 Å². The van der Waals surface area contributed by atoms with Crippen LogP contribution in [-0.2, 0) is 9.53 Å². The molecule has 0 aliphatic carbocycles. The highest BCUT2D eigenvalue weighted by molar-refractivity contribution is 5.97. The molecule has 0 aromatic heterocycles. The van der Waals surface area contributed by atoms with Gasteiger partial charge < -0.3 is 15.4 Å². The molecule has 2 amide bonds. The quantitative estimate of drug-likeness (QED) is 0.721. The second-order valence-corrected chi connectivity index (χ2v) is 5.70. The molecule has 0 bridgehead atoms. The number of amides is 2. The summed E-state index contributed by atoms with van der Waals surface area (Å²) in [5.74, 6) is -0.380. The molecule has 5 nitrogen and oxygen atoms in total. The van der Waals surface area contributed by atoms with Gasteiger partial charge in [0.05, 0.1) is 0 Å². The normalized spacial score (nSPS) is 12.0. The average Bonchev–Trinajstić information content (AvgIpc) is 2.49. The minimum Gasteiger partial charge on any atom is -0.385 e. The van der Waals surface area contributed by atoms with Crippen molar-refractivity contribution in [1.29, 1.82) is 0 Å². The Morgan fingerprint density at radius 3 is 2.36 bits per heavy atom. The molecule has 1 atom stereocenters. The highest BCUT2D eigenvalue weighted by atomic mass is 16.5. The summed E-state index contributed by atoms with van der Waals surface area (Å²) < 4.78 is 4.94. The summed E-state index contributed by atoms with van der Waals surface area (Å²) in [6.45, 7) is 6.92. The number of carbonyl (C=O) groups is 2. The van der Waals surface area contributed by atoms with E-state index in [-0.39, 0.29) is 17.7 Å². The van der Waals surface area contributed by atoms with Crippen molar-refractivity contribution in [3.8, 4) is 0 Å². The van der Waals surface area contributed by atoms with E-state index in [1.807, 2.05) is 32.9 Å². The van der Waals surface area contributed by atoms with Gasteiger partial charge in [-0.05, 0) is 31.4 Å². The number of hydrogen-bond acceptors (Lipinski definition) is 3. The Balaban J connectivity index is 2.61. The molecule has 0 aliphatic heterocycles. The predicted octanol–water partition coefficient (Wildman–Crippen LogP) is 1.90. The van der Waals surface area contributed by atoms with Gasteiger partial charge in [0.15, 0.2) is 0 Å². The van der Waals surface area contributed by atoms with Crippen LogP contribution in [-0.4, -0.2) is 38.1 Å². The minimum atomic E-state index is -0.545. The third-order valence-corrected chi connectivity index (χ3v) is 3.37. The van der Waals surface area contributed by atoms with E-state index in [0.717, 1.165) is 12.0 Å². The molecule has 1 rings (SSSR count). The summed E-state index contributed by atoms with van der Waals surface area (Å²) in [5, 5.41) is 5.64. The number of methoxy groups -OCH3 is 1. The van der Waals surface area contributed by atoms with Gasteiger partial charge >= 0.3 is 0 Å². The fourth-order valence-electron chi connectivity index (χ4n) is 2.00. The lowest BCUT2D eigenvalue weighted by Gasteiger charge is -2.21. The van der Waals surface area contributed by atoms with E-state index in [1.165, 1.54) is 0 Å². The minimum absolute atomic E-state index is 0.0109. The SMILES string of the molecule is COCCCNC(=O)C(NC(=O)c1ccc(C)cc1)C(C)C. The lowest BCUT2D eigenvalue weighted by molar-refractivity contribution is -0.123. The smallest absolute Gasteiger partial charge is 0.251 e. The average molecular weight is 306 g/mol. The maximum atomic E-state index is 12.2. The Morgan fingerprint density at radius 1 is 1.18 bits per heavy atom. The van der Waals surface area contributed by atoms with Crippen LogP contribution in [0.1, 0.15) is 36.2 Å². The standard InChI is InChI=1S/C17H26N2O3/c1-12(2)15(17(21)18-10-5-11-22-4)19-16(20)14-8-6-13(3)7-9-14/h6-9,12,15H,5,10-11H2,1-4H3,(H,18,21)(H,19,20). The van der Waals surface area contributed by atoms with Crippen LogP contribution in [0.2, 0.25) is 0 Å². The van der Waals surface area contributed by atoms with E-state index in [4.69, 9.17) is 4.74 Å². The number of hydrogen-bond donors (Lipinski definition) is 2. The molecule has 1 unspecified atom stereocenters. The molecule has 0 saturated heterocycles. The lowest BCUT2D eigenvalue weighted by atomic mass is 10.0. The van der Waals surface area contributed by atoms with Crippen molar-refractivity contribution in [2.45, 2.75) is 33.2 Å². The summed E-state index contributed by atoms with van der Waals surface area (Å²) >= 11 is 0. The van der Waals surface area contributed by atoms with Crippen LogP contribution in [0.3, 0.4) is 0 Å². The second kappa shape index (κ2) is 9.20. The van der Waals surface area contributed by atoms with Gasteiger partial charge in [-0.15, -0.1) is 0 Å². The first-order valence-corrected chi connectivity index (χ1v) is 7.60. The largest absolute Gasteiger partial charge is 0.385 e. The fourth-order valence-corrected chi connectivity index (χ4v) is 2.00. The topological polar surface area (TPSA) is 67.4 Å². The Hall–Kier alpha value is -1.88. The zero-order valence-corrected chi connectivity index (χ0v) is 13.8. The molecule has 0 fully saturated rings. The molecule has 2 N–H and O–H groups in total. The molecular weight excluding hydrogens is 280 g/mol. The van der Waals surface area contributed by atoms with Crippen LogP contribution in [0.5, 0.6) is 0 Å². The molecule has 5 heteroatoms. The number of carbonyl (C=O) groups excluding carboxylic acids is 2. The van der Waals surface area contributed by atoms with Crippen LogP contribution < -0.4 is 10.6 Å². The molecule has 0 spiro atoms. The molecule has 0 saturated carbocycles. The van der Waals surface area contributed by atoms with E-state index in [2.05, 4.69) is 10.6 Å². The third-order valence-electron chi connectivity index (χ3n) is 3.37. The van der Waals surface area contributed by atoms with Crippen LogP contribution >= 0.6 is 0 Å². The summed E-state index contributed by atoms with van der Waals surface area (Å²) in [4.78, 5) is 24.4. The van der Waals surface area contributed by atoms with Gasteiger partial charge in [0.1, 0.15) is 6.04 Å². The summed E-state index contributed by atoms with van der Waals surface area (Å²) in [6, 6.07) is 6.74. The van der Waals surface area contributed by atoms with Crippen LogP contribution in [0.25, 0.3) is 0 Å². The molecule has 0 radical (unpaired) electrons. The van der Waals surface area contributed by atoms with E-state index < -0.39 is 6.04 Å². The van der Waals surface area contributed by atoms with Crippen molar-refractivity contribution in [2.24, 2.45) is 5.92 Å². The first-order chi connectivity index (χ1) is 10.5. The van der Waals surface area contributed by atoms with E-state index in [1.54, 1.807) is 19.2 Å². The number of aryl methyl sites for hydroxylation is 1. The maximum absolute atomic E-state index is 12.2. The van der Waals surface area contributed by atoms with Crippen molar-refractivity contribution in [3.63, 3.8) is 0 Å². The van der Waals surface area contributed by atoms with Gasteiger partial charge in [0.2, 0.25) is 5.91 Å². The predicted molar refractivity (Wildman–Crippen MR) is 86.8 cm³/mol. The number of rotatable bonds is 8. The molecule has 1 aromatic rings. The molecule has 22 heavy (non-hydrogen) atoms. The van der Waals surface area contributed by atoms with Gasteiger partial charge in [-0.2, -0.15) is 0 Å². The van der Waals surface area contributed by atoms with Crippen molar-refractivity contribution >= 4 is 11.8 Å². The van der Waals surface area contributed by atoms with E-state index >= 15 is 0 Å². The summed E-state index contributed by atoms with van der Waals surface area (Å²) in [5.41, 5.74) is 1.65. The van der Waals surface area contributed by atoms with Crippen LogP contribution in [0, 0.1) is 12.8 Å². The van der Waals surface area contributed by atoms with Crippen LogP contribution in [0.15, 0.2) is 24.3 Å². The van der Waals surface area contributed by atoms with Crippen molar-refractivity contribution < 1.29 is 14.3 Å². The van der Waals surface area contributed by atoms with Gasteiger partial charge in [0, 0.05) is 25.8 Å². The van der Waals surface area contributed by atoms with Crippen LogP contribution in [0.4, 0.5) is 0 Å². The van der Waals surface area contributed by atoms with Gasteiger partial charge in [0.25, 0.3) is 5.91 Å². The lowest BCUT2D eigenvalue weighted by Crippen LogP contribution is -2.50. The van der Waals surface area contributed by atoms with E-state index in [9.17, 15) is 9.59 Å². The van der Waals surface area contributed by atoms with Crippen molar-refractivity contribution in [2.75, 3.05) is 20.3 Å². The zero-order chi connectivity index (χ0) is 16.5. The van der Waals surface area contributed by atoms with Gasteiger partial charge in [-0.25, -0.2) is 0 Å². The number of benzene rings is 1. The Labute approximate surface area is 132 Å². The molecule has 1 aromatic carbocycles. The fraction of sp³-hybridized carbons (Fsp3) is 0.529. The van der Waals surface area contributed by atoms with Gasteiger partial charge in [-0.1, -0.05) is 31.5 Å². The monoisotopic (exact) mass is 306 g/mol. The van der Waals surface area contributed by atoms with Crippen molar-refractivity contribution in [1.82, 2.24) is 10.6 Å². The molecule has 122 valence electrons. The Bertz CT molecular complexity index is 483. The third kappa shape index (κ3) is 5.85. The van der Waals surface area contributed by atoms with Gasteiger partial charge in [-0.3, -0.25) is 9.59 Å². The Kier molecular flexibility index (Phi) is 7.60. The molecular formula is C17H26N2O3. The first kappa shape index (κ1) is 18.2. The molecule has 0 aliphatic rings. The van der Waals surface area contributed by atoms with Crippen molar-refractivity contribution in [3.05, 3.63) is 35.4 Å². The highest BCUT2D eigenvalue weighted by Gasteiger charge is 2.24. The Morgan fingerprint density at radius 2 is 1.82 bits per heavy atom. The highest BCUT2D eigenvalue weighted by Crippen LogP contribution is 2.07. The molecule has 0 heterocycles.